The van der Waals surface area contributed by atoms with Gasteiger partial charge in [0.25, 0.3) is 0 Å². The van der Waals surface area contributed by atoms with E-state index in [1.165, 1.54) is 25.1 Å². The molecule has 3 aromatic heterocycles. The zero-order chi connectivity index (χ0) is 18.9. The summed E-state index contributed by atoms with van der Waals surface area (Å²) in [5.74, 6) is 2.65. The van der Waals surface area contributed by atoms with E-state index in [2.05, 4.69) is 15.3 Å². The molecule has 7 rings (SSSR count). The van der Waals surface area contributed by atoms with Crippen LogP contribution in [0.5, 0.6) is 0 Å². The largest absolute Gasteiger partial charge is 0.390 e. The van der Waals surface area contributed by atoms with Gasteiger partial charge in [-0.05, 0) is 68.1 Å². The quantitative estimate of drug-likeness (QED) is 0.730. The SMILES string of the molecule is OC12CC3CC(C1)C(Nc1ccnc(-c4cnc5ccc(F)cn45)n1)C(C3)C2. The number of halogens is 1. The number of nitrogens with one attached hydrogen (secondary N) is 1. The molecule has 4 fully saturated rings. The predicted molar refractivity (Wildman–Crippen MR) is 102 cm³/mol. The normalized spacial score (nSPS) is 33.5. The van der Waals surface area contributed by atoms with Crippen molar-refractivity contribution in [3.63, 3.8) is 0 Å². The maximum absolute atomic E-state index is 13.7. The number of rotatable bonds is 3. The summed E-state index contributed by atoms with van der Waals surface area (Å²) < 4.78 is 15.3. The molecule has 0 aliphatic heterocycles. The van der Waals surface area contributed by atoms with Crippen LogP contribution in [-0.4, -0.2) is 36.1 Å². The van der Waals surface area contributed by atoms with E-state index in [1.54, 1.807) is 22.9 Å². The first kappa shape index (κ1) is 16.4. The average molecular weight is 379 g/mol. The third-order valence-electron chi connectivity index (χ3n) is 6.91. The minimum absolute atomic E-state index is 0.326. The molecule has 2 N–H and O–H groups in total. The van der Waals surface area contributed by atoms with Crippen molar-refractivity contribution in [2.45, 2.75) is 43.7 Å². The van der Waals surface area contributed by atoms with Crippen molar-refractivity contribution in [3.8, 4) is 11.5 Å². The Bertz CT molecular complexity index is 1050. The van der Waals surface area contributed by atoms with Crippen LogP contribution in [0.2, 0.25) is 0 Å². The van der Waals surface area contributed by atoms with E-state index in [1.807, 2.05) is 6.07 Å². The Morgan fingerprint density at radius 3 is 2.71 bits per heavy atom. The van der Waals surface area contributed by atoms with Gasteiger partial charge in [0.15, 0.2) is 5.82 Å². The van der Waals surface area contributed by atoms with Crippen LogP contribution in [-0.2, 0) is 0 Å². The van der Waals surface area contributed by atoms with Crippen molar-refractivity contribution in [2.24, 2.45) is 17.8 Å². The molecule has 4 saturated carbocycles. The summed E-state index contributed by atoms with van der Waals surface area (Å²) in [4.78, 5) is 13.4. The highest BCUT2D eigenvalue weighted by Crippen LogP contribution is 2.56. The van der Waals surface area contributed by atoms with Crippen molar-refractivity contribution in [1.29, 1.82) is 0 Å². The lowest BCUT2D eigenvalue weighted by atomic mass is 9.52. The van der Waals surface area contributed by atoms with E-state index < -0.39 is 5.60 Å². The molecule has 4 aliphatic rings. The predicted octanol–water partition coefficient (Wildman–Crippen LogP) is 3.28. The number of anilines is 1. The van der Waals surface area contributed by atoms with Gasteiger partial charge in [-0.3, -0.25) is 4.40 Å². The molecule has 6 nitrogen and oxygen atoms in total. The molecule has 2 unspecified atom stereocenters. The summed E-state index contributed by atoms with van der Waals surface area (Å²) >= 11 is 0. The number of hydrogen-bond acceptors (Lipinski definition) is 5. The number of nitrogens with zero attached hydrogens (tertiary/aromatic N) is 4. The molecule has 0 spiro atoms. The molecule has 3 heterocycles. The summed E-state index contributed by atoms with van der Waals surface area (Å²) in [6, 6.07) is 5.26. The van der Waals surface area contributed by atoms with Crippen molar-refractivity contribution in [2.75, 3.05) is 5.32 Å². The molecule has 3 aromatic rings. The van der Waals surface area contributed by atoms with Crippen LogP contribution in [0.3, 0.4) is 0 Å². The number of aliphatic hydroxyl groups is 1. The van der Waals surface area contributed by atoms with Gasteiger partial charge in [-0.15, -0.1) is 0 Å². The lowest BCUT2D eigenvalue weighted by Crippen LogP contribution is -2.59. The molecule has 2 atom stereocenters. The molecule has 144 valence electrons. The monoisotopic (exact) mass is 379 g/mol. The Morgan fingerprint density at radius 2 is 1.93 bits per heavy atom. The van der Waals surface area contributed by atoms with Crippen LogP contribution in [0, 0.1) is 23.6 Å². The van der Waals surface area contributed by atoms with Crippen molar-refractivity contribution >= 4 is 11.5 Å². The fraction of sp³-hybridized carbons (Fsp3) is 0.476. The summed E-state index contributed by atoms with van der Waals surface area (Å²) in [5, 5.41) is 14.4. The smallest absolute Gasteiger partial charge is 0.180 e. The number of imidazole rings is 1. The fourth-order valence-corrected chi connectivity index (χ4v) is 6.07. The van der Waals surface area contributed by atoms with Gasteiger partial charge in [-0.2, -0.15) is 0 Å². The number of aromatic nitrogens is 4. The molecule has 28 heavy (non-hydrogen) atoms. The van der Waals surface area contributed by atoms with Gasteiger partial charge in [0, 0.05) is 18.4 Å². The maximum Gasteiger partial charge on any atom is 0.180 e. The van der Waals surface area contributed by atoms with E-state index in [-0.39, 0.29) is 5.82 Å². The van der Waals surface area contributed by atoms with Gasteiger partial charge in [-0.1, -0.05) is 0 Å². The number of fused-ring (bicyclic) bond motifs is 1. The van der Waals surface area contributed by atoms with Gasteiger partial charge in [0.2, 0.25) is 0 Å². The highest BCUT2D eigenvalue weighted by Gasteiger charge is 2.54. The molecule has 4 bridgehead atoms. The highest BCUT2D eigenvalue weighted by atomic mass is 19.1. The second kappa shape index (κ2) is 5.73. The van der Waals surface area contributed by atoms with Crippen LogP contribution in [0.15, 0.2) is 36.8 Å². The van der Waals surface area contributed by atoms with E-state index in [0.29, 0.717) is 41.0 Å². The molecule has 7 heteroatoms. The van der Waals surface area contributed by atoms with Gasteiger partial charge >= 0.3 is 0 Å². The zero-order valence-electron chi connectivity index (χ0n) is 15.4. The first-order valence-electron chi connectivity index (χ1n) is 10.0. The Labute approximate surface area is 161 Å². The molecular formula is C21H22FN5O. The lowest BCUT2D eigenvalue weighted by Gasteiger charge is -2.58. The summed E-state index contributed by atoms with van der Waals surface area (Å²) in [6.45, 7) is 0. The third-order valence-corrected chi connectivity index (χ3v) is 6.91. The van der Waals surface area contributed by atoms with Crippen molar-refractivity contribution in [1.82, 2.24) is 19.4 Å². The molecule has 4 aliphatic carbocycles. The maximum atomic E-state index is 13.7. The highest BCUT2D eigenvalue weighted by molar-refractivity contribution is 5.58. The van der Waals surface area contributed by atoms with E-state index in [9.17, 15) is 9.50 Å². The van der Waals surface area contributed by atoms with Gasteiger partial charge in [0.05, 0.1) is 11.8 Å². The first-order chi connectivity index (χ1) is 13.6. The van der Waals surface area contributed by atoms with Gasteiger partial charge in [0.1, 0.15) is 23.0 Å². The first-order valence-corrected chi connectivity index (χ1v) is 10.0. The van der Waals surface area contributed by atoms with Gasteiger partial charge < -0.3 is 10.4 Å². The van der Waals surface area contributed by atoms with Crippen LogP contribution >= 0.6 is 0 Å². The van der Waals surface area contributed by atoms with Crippen LogP contribution in [0.25, 0.3) is 17.2 Å². The van der Waals surface area contributed by atoms with Crippen molar-refractivity contribution in [3.05, 3.63) is 42.6 Å². The van der Waals surface area contributed by atoms with Gasteiger partial charge in [-0.25, -0.2) is 19.3 Å². The minimum Gasteiger partial charge on any atom is -0.390 e. The summed E-state index contributed by atoms with van der Waals surface area (Å²) in [7, 11) is 0. The third kappa shape index (κ3) is 2.53. The second-order valence-corrected chi connectivity index (χ2v) is 8.85. The molecular weight excluding hydrogens is 357 g/mol. The minimum atomic E-state index is -0.438. The number of hydrogen-bond donors (Lipinski definition) is 2. The van der Waals surface area contributed by atoms with Crippen LogP contribution in [0.1, 0.15) is 32.1 Å². The Kier molecular flexibility index (Phi) is 3.36. The topological polar surface area (TPSA) is 75.3 Å². The fourth-order valence-electron chi connectivity index (χ4n) is 6.07. The molecule has 0 saturated heterocycles. The van der Waals surface area contributed by atoms with Crippen molar-refractivity contribution < 1.29 is 9.50 Å². The standard InChI is InChI=1S/C21H22FN5O/c22-15-1-2-18-24-10-16(27(18)11-15)20-23-4-3-17(26-20)25-19-13-5-12-6-14(19)9-21(28,7-12)8-13/h1-4,10-14,19,28H,5-9H2,(H,23,25,26). The molecule has 0 radical (unpaired) electrons. The van der Waals surface area contributed by atoms with E-state index in [4.69, 9.17) is 4.98 Å². The number of pyridine rings is 1. The van der Waals surface area contributed by atoms with Crippen LogP contribution < -0.4 is 5.32 Å². The summed E-state index contributed by atoms with van der Waals surface area (Å²) in [5.41, 5.74) is 0.886. The zero-order valence-corrected chi connectivity index (χ0v) is 15.4. The Hall–Kier alpha value is -2.54. The molecule has 0 aromatic carbocycles. The summed E-state index contributed by atoms with van der Waals surface area (Å²) in [6.07, 6.45) is 9.96. The molecule has 0 amide bonds. The van der Waals surface area contributed by atoms with Crippen LogP contribution in [0.4, 0.5) is 10.2 Å². The second-order valence-electron chi connectivity index (χ2n) is 8.85. The van der Waals surface area contributed by atoms with E-state index >= 15 is 0 Å². The van der Waals surface area contributed by atoms with E-state index in [0.717, 1.165) is 25.1 Å². The Morgan fingerprint density at radius 1 is 1.11 bits per heavy atom. The lowest BCUT2D eigenvalue weighted by molar-refractivity contribution is -0.129. The Balaban J connectivity index is 1.31. The average Bonchev–Trinajstić information content (AvgIpc) is 3.07.